The average Bonchev–Trinajstić information content (AvgIpc) is 2.39. The summed E-state index contributed by atoms with van der Waals surface area (Å²) < 4.78 is 0. The first-order valence-corrected chi connectivity index (χ1v) is 6.90. The summed E-state index contributed by atoms with van der Waals surface area (Å²) in [7, 11) is 0. The maximum atomic E-state index is 8.90. The lowest BCUT2D eigenvalue weighted by Gasteiger charge is -2.33. The van der Waals surface area contributed by atoms with E-state index in [1.807, 2.05) is 18.2 Å². The third-order valence-electron chi connectivity index (χ3n) is 4.04. The quantitative estimate of drug-likeness (QED) is 0.812. The normalized spacial score (nSPS) is 17.9. The molecule has 0 unspecified atom stereocenters. The molecule has 1 aliphatic heterocycles. The molecule has 96 valence electrons. The lowest BCUT2D eigenvalue weighted by molar-refractivity contribution is 0.152. The number of rotatable bonds is 3. The summed E-state index contributed by atoms with van der Waals surface area (Å²) in [5, 5.41) is 8.90. The van der Waals surface area contributed by atoms with Crippen molar-refractivity contribution < 1.29 is 0 Å². The predicted molar refractivity (Wildman–Crippen MR) is 74.0 cm³/mol. The van der Waals surface area contributed by atoms with Crippen LogP contribution in [0.25, 0.3) is 0 Å². The van der Waals surface area contributed by atoms with Crippen molar-refractivity contribution in [2.24, 2.45) is 11.8 Å². The molecule has 0 aliphatic carbocycles. The van der Waals surface area contributed by atoms with Crippen LogP contribution in [-0.2, 0) is 6.54 Å². The zero-order valence-electron chi connectivity index (χ0n) is 11.4. The van der Waals surface area contributed by atoms with Crippen LogP contribution in [0.3, 0.4) is 0 Å². The van der Waals surface area contributed by atoms with Crippen LogP contribution in [0.5, 0.6) is 0 Å². The summed E-state index contributed by atoms with van der Waals surface area (Å²) in [6.07, 6.45) is 2.63. The minimum atomic E-state index is 0.768. The van der Waals surface area contributed by atoms with E-state index in [1.165, 1.54) is 31.5 Å². The Balaban J connectivity index is 1.90. The smallest absolute Gasteiger partial charge is 0.0991 e. The molecule has 1 heterocycles. The van der Waals surface area contributed by atoms with Gasteiger partial charge < -0.3 is 0 Å². The number of nitriles is 1. The van der Waals surface area contributed by atoms with Gasteiger partial charge in [0.25, 0.3) is 0 Å². The van der Waals surface area contributed by atoms with Crippen LogP contribution in [0.2, 0.25) is 0 Å². The molecule has 2 rings (SSSR count). The van der Waals surface area contributed by atoms with Gasteiger partial charge in [-0.05, 0) is 55.5 Å². The maximum absolute atomic E-state index is 8.90. The van der Waals surface area contributed by atoms with E-state index in [2.05, 4.69) is 30.9 Å². The fraction of sp³-hybridized carbons (Fsp3) is 0.562. The number of hydrogen-bond donors (Lipinski definition) is 0. The Hall–Kier alpha value is -1.33. The van der Waals surface area contributed by atoms with Crippen molar-refractivity contribution in [2.45, 2.75) is 33.2 Å². The second-order valence-electron chi connectivity index (χ2n) is 5.67. The molecule has 1 fully saturated rings. The third kappa shape index (κ3) is 3.34. The number of benzene rings is 1. The molecule has 0 atom stereocenters. The van der Waals surface area contributed by atoms with Crippen LogP contribution < -0.4 is 0 Å². The Morgan fingerprint density at radius 1 is 1.33 bits per heavy atom. The van der Waals surface area contributed by atoms with E-state index in [0.29, 0.717) is 0 Å². The Labute approximate surface area is 110 Å². The van der Waals surface area contributed by atoms with Gasteiger partial charge in [-0.3, -0.25) is 4.90 Å². The van der Waals surface area contributed by atoms with Crippen molar-refractivity contribution in [3.63, 3.8) is 0 Å². The highest BCUT2D eigenvalue weighted by molar-refractivity contribution is 5.32. The molecule has 1 aliphatic rings. The molecular formula is C16H22N2. The summed E-state index contributed by atoms with van der Waals surface area (Å²) >= 11 is 0. The highest BCUT2D eigenvalue weighted by Crippen LogP contribution is 2.25. The van der Waals surface area contributed by atoms with Crippen molar-refractivity contribution >= 4 is 0 Å². The van der Waals surface area contributed by atoms with Gasteiger partial charge in [0.1, 0.15) is 0 Å². The average molecular weight is 242 g/mol. The van der Waals surface area contributed by atoms with Crippen LogP contribution in [0.15, 0.2) is 24.3 Å². The van der Waals surface area contributed by atoms with Gasteiger partial charge in [0, 0.05) is 6.54 Å². The summed E-state index contributed by atoms with van der Waals surface area (Å²) in [5.74, 6) is 1.71. The first kappa shape index (κ1) is 13.1. The molecule has 2 heteroatoms. The van der Waals surface area contributed by atoms with Crippen molar-refractivity contribution in [1.82, 2.24) is 4.90 Å². The molecule has 1 aromatic carbocycles. The summed E-state index contributed by atoms with van der Waals surface area (Å²) in [6, 6.07) is 10.2. The van der Waals surface area contributed by atoms with Gasteiger partial charge >= 0.3 is 0 Å². The number of likely N-dealkylation sites (tertiary alicyclic amines) is 1. The zero-order valence-corrected chi connectivity index (χ0v) is 11.4. The van der Waals surface area contributed by atoms with Crippen LogP contribution in [0, 0.1) is 23.2 Å². The summed E-state index contributed by atoms with van der Waals surface area (Å²) in [5.41, 5.74) is 2.03. The molecule has 1 saturated heterocycles. The summed E-state index contributed by atoms with van der Waals surface area (Å²) in [6.45, 7) is 8.03. The molecule has 0 bridgehead atoms. The minimum absolute atomic E-state index is 0.768. The van der Waals surface area contributed by atoms with Gasteiger partial charge in [0.15, 0.2) is 0 Å². The zero-order chi connectivity index (χ0) is 13.0. The van der Waals surface area contributed by atoms with E-state index in [4.69, 9.17) is 5.26 Å². The van der Waals surface area contributed by atoms with Crippen molar-refractivity contribution in [3.05, 3.63) is 35.4 Å². The Kier molecular flexibility index (Phi) is 4.38. The van der Waals surface area contributed by atoms with Gasteiger partial charge in [-0.15, -0.1) is 0 Å². The van der Waals surface area contributed by atoms with Crippen LogP contribution in [0.4, 0.5) is 0 Å². The van der Waals surface area contributed by atoms with Crippen molar-refractivity contribution in [1.29, 1.82) is 5.26 Å². The van der Waals surface area contributed by atoms with Crippen molar-refractivity contribution in [2.75, 3.05) is 13.1 Å². The van der Waals surface area contributed by atoms with Crippen LogP contribution in [-0.4, -0.2) is 18.0 Å². The lowest BCUT2D eigenvalue weighted by Crippen LogP contribution is -2.34. The molecule has 18 heavy (non-hydrogen) atoms. The first-order chi connectivity index (χ1) is 8.69. The lowest BCUT2D eigenvalue weighted by atomic mass is 9.86. The monoisotopic (exact) mass is 242 g/mol. The van der Waals surface area contributed by atoms with Gasteiger partial charge in [-0.2, -0.15) is 5.26 Å². The second kappa shape index (κ2) is 6.02. The van der Waals surface area contributed by atoms with E-state index >= 15 is 0 Å². The Morgan fingerprint density at radius 3 is 2.67 bits per heavy atom. The number of nitrogens with zero attached hydrogens (tertiary/aromatic N) is 2. The third-order valence-corrected chi connectivity index (χ3v) is 4.04. The van der Waals surface area contributed by atoms with Crippen LogP contribution in [0.1, 0.15) is 37.8 Å². The van der Waals surface area contributed by atoms with Crippen LogP contribution >= 0.6 is 0 Å². The molecule has 0 aromatic heterocycles. The summed E-state index contributed by atoms with van der Waals surface area (Å²) in [4.78, 5) is 2.51. The molecule has 0 N–H and O–H groups in total. The molecule has 0 spiro atoms. The maximum Gasteiger partial charge on any atom is 0.0991 e. The largest absolute Gasteiger partial charge is 0.299 e. The van der Waals surface area contributed by atoms with Gasteiger partial charge in [-0.25, -0.2) is 0 Å². The molecule has 0 amide bonds. The molecular weight excluding hydrogens is 220 g/mol. The fourth-order valence-electron chi connectivity index (χ4n) is 2.78. The van der Waals surface area contributed by atoms with Gasteiger partial charge in [0.2, 0.25) is 0 Å². The van der Waals surface area contributed by atoms with Crippen molar-refractivity contribution in [3.8, 4) is 6.07 Å². The number of piperidine rings is 1. The minimum Gasteiger partial charge on any atom is -0.299 e. The standard InChI is InChI=1S/C16H22N2/c1-13(2)16-6-8-18(9-7-16)12-15-5-3-4-14(10-15)11-17/h3-5,10,13,16H,6-9,12H2,1-2H3. The number of hydrogen-bond acceptors (Lipinski definition) is 2. The van der Waals surface area contributed by atoms with E-state index in [-0.39, 0.29) is 0 Å². The topological polar surface area (TPSA) is 27.0 Å². The Bertz CT molecular complexity index is 423. The van der Waals surface area contributed by atoms with E-state index < -0.39 is 0 Å². The molecule has 0 radical (unpaired) electrons. The fourth-order valence-corrected chi connectivity index (χ4v) is 2.78. The molecule has 2 nitrogen and oxygen atoms in total. The van der Waals surface area contributed by atoms with Gasteiger partial charge in [0.05, 0.1) is 11.6 Å². The SMILES string of the molecule is CC(C)C1CCN(Cc2cccc(C#N)c2)CC1. The first-order valence-electron chi connectivity index (χ1n) is 6.90. The highest BCUT2D eigenvalue weighted by Gasteiger charge is 2.21. The van der Waals surface area contributed by atoms with E-state index in [9.17, 15) is 0 Å². The molecule has 0 saturated carbocycles. The highest BCUT2D eigenvalue weighted by atomic mass is 15.1. The molecule has 1 aromatic rings. The second-order valence-corrected chi connectivity index (χ2v) is 5.67. The van der Waals surface area contributed by atoms with E-state index in [1.54, 1.807) is 0 Å². The predicted octanol–water partition coefficient (Wildman–Crippen LogP) is 3.43. The van der Waals surface area contributed by atoms with Gasteiger partial charge in [-0.1, -0.05) is 26.0 Å². The van der Waals surface area contributed by atoms with E-state index in [0.717, 1.165) is 23.9 Å². The Morgan fingerprint density at radius 2 is 2.06 bits per heavy atom.